The van der Waals surface area contributed by atoms with E-state index in [0.29, 0.717) is 16.5 Å². The summed E-state index contributed by atoms with van der Waals surface area (Å²) in [6.07, 6.45) is 5.27. The molecule has 3 aliphatic heterocycles. The summed E-state index contributed by atoms with van der Waals surface area (Å²) in [6, 6.07) is 7.80. The summed E-state index contributed by atoms with van der Waals surface area (Å²) < 4.78 is 0. The first-order valence-corrected chi connectivity index (χ1v) is 10.6. The van der Waals surface area contributed by atoms with Crippen molar-refractivity contribution in [3.63, 3.8) is 0 Å². The molecule has 0 saturated carbocycles. The average Bonchev–Trinajstić information content (AvgIpc) is 3.22. The van der Waals surface area contributed by atoms with Gasteiger partial charge in [0.1, 0.15) is 0 Å². The van der Waals surface area contributed by atoms with Crippen LogP contribution < -0.4 is 15.5 Å². The number of hydrogen-bond donors (Lipinski definition) is 2. The van der Waals surface area contributed by atoms with E-state index in [1.165, 1.54) is 11.3 Å². The van der Waals surface area contributed by atoms with Crippen LogP contribution in [0, 0.1) is 0 Å². The quantitative estimate of drug-likeness (QED) is 0.710. The molecule has 2 N–H and O–H groups in total. The second-order valence-corrected chi connectivity index (χ2v) is 8.90. The zero-order valence-electron chi connectivity index (χ0n) is 15.4. The van der Waals surface area contributed by atoms with Gasteiger partial charge in [-0.15, -0.1) is 0 Å². The van der Waals surface area contributed by atoms with E-state index in [1.54, 1.807) is 18.3 Å². The number of piperidine rings is 1. The lowest BCUT2D eigenvalue weighted by molar-refractivity contribution is -0.115. The number of hydrogen-bond acceptors (Lipinski definition) is 7. The van der Waals surface area contributed by atoms with Gasteiger partial charge in [0.2, 0.25) is 5.95 Å². The molecule has 2 fully saturated rings. The maximum Gasteiger partial charge on any atom is 0.290 e. The van der Waals surface area contributed by atoms with Gasteiger partial charge in [-0.3, -0.25) is 14.9 Å². The molecule has 2 aromatic rings. The van der Waals surface area contributed by atoms with Crippen molar-refractivity contribution in [1.29, 1.82) is 0 Å². The summed E-state index contributed by atoms with van der Waals surface area (Å²) in [5.74, 6) is 0.257. The lowest BCUT2D eigenvalue weighted by atomic mass is 9.74. The second kappa shape index (κ2) is 7.03. The Morgan fingerprint density at radius 1 is 1.21 bits per heavy atom. The Bertz CT molecular complexity index is 1050. The Morgan fingerprint density at radius 3 is 2.79 bits per heavy atom. The number of amides is 2. The molecule has 5 rings (SSSR count). The van der Waals surface area contributed by atoms with Gasteiger partial charge in [-0.25, -0.2) is 9.97 Å². The van der Waals surface area contributed by atoms with Crippen molar-refractivity contribution in [1.82, 2.24) is 15.3 Å². The molecule has 29 heavy (non-hydrogen) atoms. The van der Waals surface area contributed by atoms with Crippen molar-refractivity contribution >= 4 is 52.2 Å². The molecule has 2 saturated heterocycles. The number of rotatable bonds is 2. The fourth-order valence-electron chi connectivity index (χ4n) is 4.20. The Morgan fingerprint density at radius 2 is 2.03 bits per heavy atom. The summed E-state index contributed by atoms with van der Waals surface area (Å²) in [5.41, 5.74) is 3.19. The van der Waals surface area contributed by atoms with Gasteiger partial charge in [-0.05, 0) is 60.5 Å². The number of nitrogens with zero attached hydrogens (tertiary/aromatic N) is 3. The van der Waals surface area contributed by atoms with Crippen LogP contribution in [0.15, 0.2) is 35.4 Å². The minimum absolute atomic E-state index is 0.0925. The van der Waals surface area contributed by atoms with Gasteiger partial charge in [-0.2, -0.15) is 0 Å². The van der Waals surface area contributed by atoms with Crippen LogP contribution in [-0.2, 0) is 10.2 Å². The summed E-state index contributed by atoms with van der Waals surface area (Å²) in [4.78, 5) is 34.6. The van der Waals surface area contributed by atoms with Crippen molar-refractivity contribution in [3.05, 3.63) is 51.6 Å². The molecule has 1 spiro atoms. The van der Waals surface area contributed by atoms with Crippen LogP contribution in [0.3, 0.4) is 0 Å². The number of halogens is 1. The molecule has 0 atom stereocenters. The van der Waals surface area contributed by atoms with Gasteiger partial charge in [0.05, 0.1) is 10.6 Å². The number of imide groups is 1. The number of aromatic nitrogens is 2. The fraction of sp³-hybridized carbons (Fsp3) is 0.300. The van der Waals surface area contributed by atoms with Crippen LogP contribution >= 0.6 is 23.4 Å². The van der Waals surface area contributed by atoms with Crippen LogP contribution in [0.1, 0.15) is 24.1 Å². The summed E-state index contributed by atoms with van der Waals surface area (Å²) in [6.45, 7) is 2.59. The highest BCUT2D eigenvalue weighted by molar-refractivity contribution is 8.18. The Kier molecular flexibility index (Phi) is 4.48. The third kappa shape index (κ3) is 3.36. The summed E-state index contributed by atoms with van der Waals surface area (Å²) in [7, 11) is 0. The highest BCUT2D eigenvalue weighted by Gasteiger charge is 2.42. The first-order valence-electron chi connectivity index (χ1n) is 9.39. The molecule has 0 aliphatic carbocycles. The van der Waals surface area contributed by atoms with Gasteiger partial charge in [0, 0.05) is 42.0 Å². The molecule has 1 aromatic heterocycles. The highest BCUT2D eigenvalue weighted by Crippen LogP contribution is 2.45. The largest absolute Gasteiger partial charge is 0.384 e. The van der Waals surface area contributed by atoms with E-state index in [1.807, 2.05) is 6.07 Å². The molecular weight excluding hydrogens is 410 g/mol. The Hall–Kier alpha value is -2.58. The second-order valence-electron chi connectivity index (χ2n) is 7.44. The molecule has 7 nitrogen and oxygen atoms in total. The van der Waals surface area contributed by atoms with Crippen LogP contribution in [0.2, 0.25) is 5.02 Å². The van der Waals surface area contributed by atoms with Crippen molar-refractivity contribution < 1.29 is 9.59 Å². The number of fused-ring (bicyclic) bond motifs is 2. The van der Waals surface area contributed by atoms with Crippen molar-refractivity contribution in [2.45, 2.75) is 18.3 Å². The fourth-order valence-corrected chi connectivity index (χ4v) is 5.04. The SMILES string of the molecule is O=C1NC(=O)C(=Cc2ccnc(N3CCC4(CC3)CNc3ccc(Cl)cc34)n2)S1. The van der Waals surface area contributed by atoms with E-state index in [-0.39, 0.29) is 16.6 Å². The standard InChI is InChI=1S/C20H18ClN5O2S/c21-12-1-2-15-14(9-12)20(11-23-15)4-7-26(8-5-20)18-22-6-3-13(24-18)10-16-17(27)25-19(28)29-16/h1-3,6,9-10,23H,4-5,7-8,11H2,(H,25,27,28). The zero-order chi connectivity index (χ0) is 20.0. The van der Waals surface area contributed by atoms with Crippen molar-refractivity contribution in [2.75, 3.05) is 29.9 Å². The number of thioether (sulfide) groups is 1. The maximum absolute atomic E-state index is 11.8. The van der Waals surface area contributed by atoms with E-state index in [0.717, 1.165) is 49.3 Å². The number of anilines is 2. The molecule has 2 amide bonds. The first kappa shape index (κ1) is 18.4. The minimum Gasteiger partial charge on any atom is -0.384 e. The van der Waals surface area contributed by atoms with Crippen LogP contribution in [-0.4, -0.2) is 40.7 Å². The third-order valence-electron chi connectivity index (χ3n) is 5.76. The number of nitrogens with one attached hydrogen (secondary N) is 2. The normalized spacial score (nSPS) is 21.4. The molecule has 1 aromatic carbocycles. The predicted octanol–water partition coefficient (Wildman–Crippen LogP) is 3.42. The van der Waals surface area contributed by atoms with Gasteiger partial charge in [0.25, 0.3) is 11.1 Å². The van der Waals surface area contributed by atoms with E-state index in [9.17, 15) is 9.59 Å². The zero-order valence-corrected chi connectivity index (χ0v) is 17.0. The van der Waals surface area contributed by atoms with Crippen LogP contribution in [0.25, 0.3) is 6.08 Å². The van der Waals surface area contributed by atoms with E-state index in [4.69, 9.17) is 11.6 Å². The molecule has 148 valence electrons. The lowest BCUT2D eigenvalue weighted by Gasteiger charge is -2.39. The van der Waals surface area contributed by atoms with Crippen molar-refractivity contribution in [3.8, 4) is 0 Å². The Labute approximate surface area is 176 Å². The summed E-state index contributed by atoms with van der Waals surface area (Å²) >= 11 is 7.13. The maximum atomic E-state index is 11.8. The molecular formula is C20H18ClN5O2S. The topological polar surface area (TPSA) is 87.2 Å². The molecule has 0 unspecified atom stereocenters. The monoisotopic (exact) mass is 427 g/mol. The van der Waals surface area contributed by atoms with Gasteiger partial charge < -0.3 is 10.2 Å². The van der Waals surface area contributed by atoms with E-state index in [2.05, 4.69) is 37.6 Å². The molecule has 9 heteroatoms. The van der Waals surface area contributed by atoms with Crippen LogP contribution in [0.5, 0.6) is 0 Å². The van der Waals surface area contributed by atoms with Gasteiger partial charge >= 0.3 is 0 Å². The minimum atomic E-state index is -0.383. The molecule has 0 bridgehead atoms. The number of carbonyl (C=O) groups is 2. The average molecular weight is 428 g/mol. The summed E-state index contributed by atoms with van der Waals surface area (Å²) in [5, 5.41) is 6.18. The molecule has 3 aliphatic rings. The van der Waals surface area contributed by atoms with Crippen molar-refractivity contribution in [2.24, 2.45) is 0 Å². The highest BCUT2D eigenvalue weighted by atomic mass is 35.5. The van der Waals surface area contributed by atoms with Gasteiger partial charge in [0.15, 0.2) is 0 Å². The van der Waals surface area contributed by atoms with Crippen LogP contribution in [0.4, 0.5) is 16.4 Å². The predicted molar refractivity (Wildman–Crippen MR) is 114 cm³/mol. The number of carbonyl (C=O) groups excluding carboxylic acids is 2. The smallest absolute Gasteiger partial charge is 0.290 e. The lowest BCUT2D eigenvalue weighted by Crippen LogP contribution is -2.44. The number of benzene rings is 1. The first-order chi connectivity index (χ1) is 14.0. The Balaban J connectivity index is 1.34. The van der Waals surface area contributed by atoms with Gasteiger partial charge in [-0.1, -0.05) is 11.6 Å². The van der Waals surface area contributed by atoms with E-state index >= 15 is 0 Å². The van der Waals surface area contributed by atoms with E-state index < -0.39 is 0 Å². The molecule has 4 heterocycles. The third-order valence-corrected chi connectivity index (χ3v) is 6.80. The molecule has 0 radical (unpaired) electrons.